The first-order valence-corrected chi connectivity index (χ1v) is 6.72. The second-order valence-electron chi connectivity index (χ2n) is 5.16. The van der Waals surface area contributed by atoms with Crippen molar-refractivity contribution in [3.63, 3.8) is 0 Å². The second kappa shape index (κ2) is 5.11. The topological polar surface area (TPSA) is 68.0 Å². The fourth-order valence-electron chi connectivity index (χ4n) is 2.75. The molecule has 116 valence electrons. The summed E-state index contributed by atoms with van der Waals surface area (Å²) in [4.78, 5) is 11.1. The van der Waals surface area contributed by atoms with Crippen LogP contribution in [0.15, 0.2) is 24.3 Å². The van der Waals surface area contributed by atoms with Gasteiger partial charge in [0.2, 0.25) is 0 Å². The maximum atomic E-state index is 12.6. The smallest absolute Gasteiger partial charge is 0.416 e. The summed E-state index contributed by atoms with van der Waals surface area (Å²) >= 11 is 0. The van der Waals surface area contributed by atoms with E-state index in [2.05, 4.69) is 10.3 Å². The SMILES string of the molecule is O=C(O)c1nnn2c1CCCC2c1ccc(C(F)(F)F)cc1. The number of nitrogens with zero attached hydrogens (tertiary/aromatic N) is 3. The zero-order valence-electron chi connectivity index (χ0n) is 11.3. The van der Waals surface area contributed by atoms with Gasteiger partial charge in [0, 0.05) is 0 Å². The minimum Gasteiger partial charge on any atom is -0.476 e. The van der Waals surface area contributed by atoms with Crippen LogP contribution in [0.2, 0.25) is 0 Å². The maximum Gasteiger partial charge on any atom is 0.416 e. The lowest BCUT2D eigenvalue weighted by atomic mass is 9.95. The fraction of sp³-hybridized carbons (Fsp3) is 0.357. The molecule has 1 atom stereocenters. The van der Waals surface area contributed by atoms with Crippen molar-refractivity contribution in [2.45, 2.75) is 31.5 Å². The molecule has 0 spiro atoms. The Morgan fingerprint density at radius 1 is 1.27 bits per heavy atom. The van der Waals surface area contributed by atoms with Crippen LogP contribution in [0, 0.1) is 0 Å². The highest BCUT2D eigenvalue weighted by Crippen LogP contribution is 2.34. The standard InChI is InChI=1S/C14H12F3N3O2/c15-14(16,17)9-6-4-8(5-7-9)10-2-1-3-11-12(13(21)22)18-19-20(10)11/h4-7,10H,1-3H2,(H,21,22). The summed E-state index contributed by atoms with van der Waals surface area (Å²) < 4.78 is 39.3. The molecule has 8 heteroatoms. The summed E-state index contributed by atoms with van der Waals surface area (Å²) in [6, 6.07) is 4.58. The van der Waals surface area contributed by atoms with E-state index in [1.165, 1.54) is 16.8 Å². The summed E-state index contributed by atoms with van der Waals surface area (Å²) in [7, 11) is 0. The number of halogens is 3. The molecule has 0 amide bonds. The molecular weight excluding hydrogens is 299 g/mol. The van der Waals surface area contributed by atoms with Crippen LogP contribution < -0.4 is 0 Å². The number of aromatic nitrogens is 3. The Hall–Kier alpha value is -2.38. The van der Waals surface area contributed by atoms with Gasteiger partial charge in [0.05, 0.1) is 17.3 Å². The summed E-state index contributed by atoms with van der Waals surface area (Å²) in [6.07, 6.45) is -2.41. The lowest BCUT2D eigenvalue weighted by molar-refractivity contribution is -0.137. The van der Waals surface area contributed by atoms with E-state index < -0.39 is 17.7 Å². The van der Waals surface area contributed by atoms with Crippen LogP contribution in [0.25, 0.3) is 0 Å². The fourth-order valence-corrected chi connectivity index (χ4v) is 2.75. The van der Waals surface area contributed by atoms with E-state index in [0.717, 1.165) is 18.6 Å². The number of carboxylic acids is 1. The van der Waals surface area contributed by atoms with Gasteiger partial charge in [0.1, 0.15) is 0 Å². The van der Waals surface area contributed by atoms with Crippen LogP contribution in [0.1, 0.15) is 46.2 Å². The maximum absolute atomic E-state index is 12.6. The molecular formula is C14H12F3N3O2. The van der Waals surface area contributed by atoms with E-state index in [1.807, 2.05) is 0 Å². The normalized spacial score (nSPS) is 18.0. The molecule has 0 fully saturated rings. The van der Waals surface area contributed by atoms with Crippen LogP contribution in [-0.4, -0.2) is 26.1 Å². The van der Waals surface area contributed by atoms with Crippen molar-refractivity contribution in [1.29, 1.82) is 0 Å². The Morgan fingerprint density at radius 3 is 2.55 bits per heavy atom. The van der Waals surface area contributed by atoms with E-state index in [0.29, 0.717) is 24.1 Å². The van der Waals surface area contributed by atoms with Crippen molar-refractivity contribution in [2.24, 2.45) is 0 Å². The molecule has 1 aromatic carbocycles. The molecule has 1 unspecified atom stereocenters. The van der Waals surface area contributed by atoms with Gasteiger partial charge in [-0.25, -0.2) is 9.48 Å². The summed E-state index contributed by atoms with van der Waals surface area (Å²) in [5.41, 5.74) is 0.383. The van der Waals surface area contributed by atoms with Crippen LogP contribution >= 0.6 is 0 Å². The molecule has 3 rings (SSSR count). The van der Waals surface area contributed by atoms with Crippen LogP contribution in [0.4, 0.5) is 13.2 Å². The van der Waals surface area contributed by atoms with Gasteiger partial charge in [-0.2, -0.15) is 13.2 Å². The van der Waals surface area contributed by atoms with Crippen LogP contribution in [-0.2, 0) is 12.6 Å². The van der Waals surface area contributed by atoms with Gasteiger partial charge in [-0.15, -0.1) is 5.10 Å². The number of hydrogen-bond donors (Lipinski definition) is 1. The first kappa shape index (κ1) is 14.6. The molecule has 0 bridgehead atoms. The number of benzene rings is 1. The van der Waals surface area contributed by atoms with Crippen molar-refractivity contribution in [3.8, 4) is 0 Å². The monoisotopic (exact) mass is 311 g/mol. The average molecular weight is 311 g/mol. The van der Waals surface area contributed by atoms with Gasteiger partial charge in [-0.1, -0.05) is 17.3 Å². The lowest BCUT2D eigenvalue weighted by Gasteiger charge is -2.24. The first-order valence-electron chi connectivity index (χ1n) is 6.72. The van der Waals surface area contributed by atoms with E-state index in [1.54, 1.807) is 0 Å². The average Bonchev–Trinajstić information content (AvgIpc) is 2.90. The number of rotatable bonds is 2. The van der Waals surface area contributed by atoms with Crippen molar-refractivity contribution >= 4 is 5.97 Å². The van der Waals surface area contributed by atoms with Crippen molar-refractivity contribution in [2.75, 3.05) is 0 Å². The predicted octanol–water partition coefficient (Wildman–Crippen LogP) is 2.92. The molecule has 1 aliphatic rings. The first-order chi connectivity index (χ1) is 10.4. The number of aromatic carboxylic acids is 1. The van der Waals surface area contributed by atoms with E-state index in [9.17, 15) is 18.0 Å². The number of carboxylic acid groups (broad SMARTS) is 1. The highest BCUT2D eigenvalue weighted by atomic mass is 19.4. The van der Waals surface area contributed by atoms with Crippen molar-refractivity contribution < 1.29 is 23.1 Å². The van der Waals surface area contributed by atoms with E-state index >= 15 is 0 Å². The second-order valence-corrected chi connectivity index (χ2v) is 5.16. The largest absolute Gasteiger partial charge is 0.476 e. The quantitative estimate of drug-likeness (QED) is 0.926. The minimum atomic E-state index is -4.38. The third kappa shape index (κ3) is 2.44. The third-order valence-electron chi connectivity index (χ3n) is 3.80. The number of alkyl halides is 3. The Bertz CT molecular complexity index is 707. The third-order valence-corrected chi connectivity index (χ3v) is 3.80. The van der Waals surface area contributed by atoms with Gasteiger partial charge >= 0.3 is 12.1 Å². The molecule has 0 aliphatic carbocycles. The van der Waals surface area contributed by atoms with Crippen LogP contribution in [0.3, 0.4) is 0 Å². The van der Waals surface area contributed by atoms with Crippen LogP contribution in [0.5, 0.6) is 0 Å². The molecule has 1 aliphatic heterocycles. The minimum absolute atomic E-state index is 0.0865. The van der Waals surface area contributed by atoms with E-state index in [-0.39, 0.29) is 11.7 Å². The molecule has 2 heterocycles. The summed E-state index contributed by atoms with van der Waals surface area (Å²) in [5.74, 6) is -1.14. The van der Waals surface area contributed by atoms with Crippen molar-refractivity contribution in [1.82, 2.24) is 15.0 Å². The number of fused-ring (bicyclic) bond motifs is 1. The van der Waals surface area contributed by atoms with Gasteiger partial charge in [-0.05, 0) is 37.0 Å². The molecule has 0 saturated carbocycles. The van der Waals surface area contributed by atoms with Gasteiger partial charge in [-0.3, -0.25) is 0 Å². The molecule has 5 nitrogen and oxygen atoms in total. The summed E-state index contributed by atoms with van der Waals surface area (Å²) in [6.45, 7) is 0. The molecule has 0 radical (unpaired) electrons. The Kier molecular flexibility index (Phi) is 3.38. The van der Waals surface area contributed by atoms with Gasteiger partial charge in [0.15, 0.2) is 5.69 Å². The zero-order chi connectivity index (χ0) is 15.9. The van der Waals surface area contributed by atoms with Gasteiger partial charge < -0.3 is 5.11 Å². The summed E-state index contributed by atoms with van der Waals surface area (Å²) in [5, 5.41) is 16.6. The molecule has 1 N–H and O–H groups in total. The molecule has 1 aromatic heterocycles. The Balaban J connectivity index is 1.96. The number of carbonyl (C=O) groups is 1. The zero-order valence-corrected chi connectivity index (χ0v) is 11.3. The number of hydrogen-bond acceptors (Lipinski definition) is 3. The highest BCUT2D eigenvalue weighted by Gasteiger charge is 2.32. The molecule has 2 aromatic rings. The van der Waals surface area contributed by atoms with E-state index in [4.69, 9.17) is 5.11 Å². The van der Waals surface area contributed by atoms with Gasteiger partial charge in [0.25, 0.3) is 0 Å². The highest BCUT2D eigenvalue weighted by molar-refractivity contribution is 5.86. The lowest BCUT2D eigenvalue weighted by Crippen LogP contribution is -2.21. The Morgan fingerprint density at radius 2 is 1.95 bits per heavy atom. The Labute approximate surface area is 123 Å². The predicted molar refractivity (Wildman–Crippen MR) is 69.5 cm³/mol. The molecule has 22 heavy (non-hydrogen) atoms. The molecule has 0 saturated heterocycles. The van der Waals surface area contributed by atoms with Crippen molar-refractivity contribution in [3.05, 3.63) is 46.8 Å².